The summed E-state index contributed by atoms with van der Waals surface area (Å²) in [5, 5.41) is 0. The molecule has 0 amide bonds. The first-order valence-corrected chi connectivity index (χ1v) is 3.69. The molecule has 1 unspecified atom stereocenters. The standard InChI is InChI=1S/C8H17NO/c1-5-9-10-8(4)6-7(2)3/h5,7-9H,1,6H2,2-4H3. The Kier molecular flexibility index (Phi) is 5.03. The molecule has 0 aromatic heterocycles. The number of hydroxylamine groups is 1. The second kappa shape index (κ2) is 5.30. The fourth-order valence-electron chi connectivity index (χ4n) is 0.876. The van der Waals surface area contributed by atoms with Crippen LogP contribution in [0.5, 0.6) is 0 Å². The van der Waals surface area contributed by atoms with Crippen molar-refractivity contribution in [3.05, 3.63) is 12.8 Å². The summed E-state index contributed by atoms with van der Waals surface area (Å²) in [6.07, 6.45) is 2.87. The lowest BCUT2D eigenvalue weighted by molar-refractivity contribution is -0.000637. The first kappa shape index (κ1) is 9.50. The van der Waals surface area contributed by atoms with Crippen molar-refractivity contribution in [3.63, 3.8) is 0 Å². The molecule has 0 radical (unpaired) electrons. The van der Waals surface area contributed by atoms with E-state index in [9.17, 15) is 0 Å². The molecule has 0 saturated heterocycles. The highest BCUT2D eigenvalue weighted by molar-refractivity contribution is 4.57. The summed E-state index contributed by atoms with van der Waals surface area (Å²) in [5.74, 6) is 0.682. The average Bonchev–Trinajstić information content (AvgIpc) is 1.82. The molecule has 0 heterocycles. The molecular weight excluding hydrogens is 126 g/mol. The van der Waals surface area contributed by atoms with Crippen LogP contribution in [0.25, 0.3) is 0 Å². The van der Waals surface area contributed by atoms with Gasteiger partial charge >= 0.3 is 0 Å². The van der Waals surface area contributed by atoms with Gasteiger partial charge in [0.2, 0.25) is 0 Å². The van der Waals surface area contributed by atoms with Gasteiger partial charge in [-0.25, -0.2) is 0 Å². The van der Waals surface area contributed by atoms with E-state index in [1.807, 2.05) is 6.92 Å². The molecule has 0 aliphatic rings. The summed E-state index contributed by atoms with van der Waals surface area (Å²) < 4.78 is 0. The number of hydrogen-bond donors (Lipinski definition) is 1. The van der Waals surface area contributed by atoms with Crippen LogP contribution >= 0.6 is 0 Å². The van der Waals surface area contributed by atoms with Crippen LogP contribution in [0.4, 0.5) is 0 Å². The van der Waals surface area contributed by atoms with Crippen molar-refractivity contribution >= 4 is 0 Å². The quantitative estimate of drug-likeness (QED) is 0.595. The van der Waals surface area contributed by atoms with E-state index in [1.54, 1.807) is 0 Å². The Bertz CT molecular complexity index is 91.3. The van der Waals surface area contributed by atoms with Crippen LogP contribution in [0.15, 0.2) is 12.8 Å². The summed E-state index contributed by atoms with van der Waals surface area (Å²) in [6, 6.07) is 0. The van der Waals surface area contributed by atoms with E-state index in [2.05, 4.69) is 25.9 Å². The van der Waals surface area contributed by atoms with Crippen LogP contribution < -0.4 is 5.48 Å². The van der Waals surface area contributed by atoms with Crippen molar-refractivity contribution in [1.29, 1.82) is 0 Å². The van der Waals surface area contributed by atoms with Crippen molar-refractivity contribution in [2.75, 3.05) is 0 Å². The maximum atomic E-state index is 5.13. The third kappa shape index (κ3) is 5.63. The van der Waals surface area contributed by atoms with Gasteiger partial charge in [0.15, 0.2) is 0 Å². The van der Waals surface area contributed by atoms with Gasteiger partial charge in [0, 0.05) is 6.20 Å². The minimum Gasteiger partial charge on any atom is -0.275 e. The van der Waals surface area contributed by atoms with Gasteiger partial charge in [-0.15, -0.1) is 0 Å². The minimum atomic E-state index is 0.262. The van der Waals surface area contributed by atoms with Gasteiger partial charge in [0.25, 0.3) is 0 Å². The summed E-state index contributed by atoms with van der Waals surface area (Å²) in [7, 11) is 0. The van der Waals surface area contributed by atoms with E-state index < -0.39 is 0 Å². The molecule has 1 N–H and O–H groups in total. The Labute approximate surface area is 63.2 Å². The highest BCUT2D eigenvalue weighted by Gasteiger charge is 2.03. The van der Waals surface area contributed by atoms with Crippen LogP contribution in [-0.2, 0) is 4.84 Å². The Hall–Kier alpha value is -0.500. The van der Waals surface area contributed by atoms with Crippen LogP contribution in [0.3, 0.4) is 0 Å². The van der Waals surface area contributed by atoms with Gasteiger partial charge in [-0.2, -0.15) is 0 Å². The highest BCUT2D eigenvalue weighted by atomic mass is 16.7. The lowest BCUT2D eigenvalue weighted by atomic mass is 10.1. The second-order valence-corrected chi connectivity index (χ2v) is 2.88. The molecule has 0 aromatic carbocycles. The molecular formula is C8H17NO. The summed E-state index contributed by atoms with van der Waals surface area (Å²) in [4.78, 5) is 5.13. The number of rotatable bonds is 5. The largest absolute Gasteiger partial charge is 0.275 e. The normalized spacial score (nSPS) is 13.2. The number of hydrogen-bond acceptors (Lipinski definition) is 2. The smallest absolute Gasteiger partial charge is 0.0828 e. The lowest BCUT2D eigenvalue weighted by Gasteiger charge is -2.13. The van der Waals surface area contributed by atoms with E-state index in [0.717, 1.165) is 6.42 Å². The van der Waals surface area contributed by atoms with Gasteiger partial charge in [-0.1, -0.05) is 20.4 Å². The third-order valence-electron chi connectivity index (χ3n) is 1.16. The Morgan fingerprint density at radius 3 is 2.50 bits per heavy atom. The first-order valence-electron chi connectivity index (χ1n) is 3.69. The second-order valence-electron chi connectivity index (χ2n) is 2.88. The predicted molar refractivity (Wildman–Crippen MR) is 43.3 cm³/mol. The molecule has 0 aliphatic heterocycles. The maximum absolute atomic E-state index is 5.13. The first-order chi connectivity index (χ1) is 4.66. The van der Waals surface area contributed by atoms with Gasteiger partial charge < -0.3 is 0 Å². The average molecular weight is 143 g/mol. The molecule has 2 nitrogen and oxygen atoms in total. The van der Waals surface area contributed by atoms with Crippen LogP contribution in [0.1, 0.15) is 27.2 Å². The SMILES string of the molecule is C=CNOC(C)CC(C)C. The van der Waals surface area contributed by atoms with Crippen LogP contribution in [0, 0.1) is 5.92 Å². The van der Waals surface area contributed by atoms with E-state index in [0.29, 0.717) is 5.92 Å². The molecule has 10 heavy (non-hydrogen) atoms. The molecule has 0 saturated carbocycles. The molecule has 0 rings (SSSR count). The molecule has 0 aromatic rings. The Balaban J connectivity index is 3.24. The van der Waals surface area contributed by atoms with Gasteiger partial charge in [0.1, 0.15) is 0 Å². The van der Waals surface area contributed by atoms with Gasteiger partial charge in [-0.05, 0) is 19.3 Å². The molecule has 60 valence electrons. The zero-order chi connectivity index (χ0) is 7.98. The van der Waals surface area contributed by atoms with Crippen molar-refractivity contribution in [2.24, 2.45) is 5.92 Å². The van der Waals surface area contributed by atoms with Crippen molar-refractivity contribution in [2.45, 2.75) is 33.3 Å². The summed E-state index contributed by atoms with van der Waals surface area (Å²) in [5.41, 5.74) is 2.62. The zero-order valence-electron chi connectivity index (χ0n) is 7.05. The van der Waals surface area contributed by atoms with Gasteiger partial charge in [-0.3, -0.25) is 10.3 Å². The lowest BCUT2D eigenvalue weighted by Crippen LogP contribution is -2.18. The van der Waals surface area contributed by atoms with E-state index in [4.69, 9.17) is 4.84 Å². The van der Waals surface area contributed by atoms with E-state index >= 15 is 0 Å². The molecule has 0 fully saturated rings. The molecule has 1 atom stereocenters. The fourth-order valence-corrected chi connectivity index (χ4v) is 0.876. The van der Waals surface area contributed by atoms with Crippen molar-refractivity contribution in [3.8, 4) is 0 Å². The monoisotopic (exact) mass is 143 g/mol. The third-order valence-corrected chi connectivity index (χ3v) is 1.16. The molecule has 0 aliphatic carbocycles. The molecule has 2 heteroatoms. The van der Waals surface area contributed by atoms with Crippen LogP contribution in [-0.4, -0.2) is 6.10 Å². The summed E-state index contributed by atoms with van der Waals surface area (Å²) >= 11 is 0. The fraction of sp³-hybridized carbons (Fsp3) is 0.750. The minimum absolute atomic E-state index is 0.262. The van der Waals surface area contributed by atoms with E-state index in [-0.39, 0.29) is 6.10 Å². The van der Waals surface area contributed by atoms with Gasteiger partial charge in [0.05, 0.1) is 6.10 Å². The van der Waals surface area contributed by atoms with Crippen molar-refractivity contribution in [1.82, 2.24) is 5.48 Å². The highest BCUT2D eigenvalue weighted by Crippen LogP contribution is 2.05. The van der Waals surface area contributed by atoms with Crippen molar-refractivity contribution < 1.29 is 4.84 Å². The molecule has 0 bridgehead atoms. The summed E-state index contributed by atoms with van der Waals surface area (Å²) in [6.45, 7) is 9.86. The molecule has 0 spiro atoms. The Morgan fingerprint density at radius 2 is 2.10 bits per heavy atom. The zero-order valence-corrected chi connectivity index (χ0v) is 7.05. The number of nitrogens with one attached hydrogen (secondary N) is 1. The predicted octanol–water partition coefficient (Wildman–Crippen LogP) is 2.09. The topological polar surface area (TPSA) is 21.3 Å². The Morgan fingerprint density at radius 1 is 1.50 bits per heavy atom. The maximum Gasteiger partial charge on any atom is 0.0828 e. The van der Waals surface area contributed by atoms with E-state index in [1.165, 1.54) is 6.20 Å². The van der Waals surface area contributed by atoms with Crippen LogP contribution in [0.2, 0.25) is 0 Å².